The van der Waals surface area contributed by atoms with Crippen molar-refractivity contribution >= 4 is 5.69 Å². The van der Waals surface area contributed by atoms with Gasteiger partial charge in [0.1, 0.15) is 5.75 Å². The van der Waals surface area contributed by atoms with Gasteiger partial charge in [-0.05, 0) is 32.0 Å². The van der Waals surface area contributed by atoms with E-state index < -0.39 is 0 Å². The number of rotatable bonds is 3. The van der Waals surface area contributed by atoms with Crippen LogP contribution < -0.4 is 15.2 Å². The van der Waals surface area contributed by atoms with Crippen molar-refractivity contribution in [2.45, 2.75) is 13.8 Å². The lowest BCUT2D eigenvalue weighted by Gasteiger charge is -2.09. The van der Waals surface area contributed by atoms with Crippen LogP contribution in [0.15, 0.2) is 24.3 Å². The number of ether oxygens (including phenoxy) is 2. The van der Waals surface area contributed by atoms with Crippen molar-refractivity contribution in [2.24, 2.45) is 0 Å². The molecule has 2 N–H and O–H groups in total. The number of methoxy groups -OCH3 is 1. The van der Waals surface area contributed by atoms with Crippen molar-refractivity contribution in [3.63, 3.8) is 0 Å². The molecule has 0 spiro atoms. The minimum absolute atomic E-state index is 0.285. The number of aromatic nitrogens is 2. The lowest BCUT2D eigenvalue weighted by atomic mass is 10.3. The highest BCUT2D eigenvalue weighted by Crippen LogP contribution is 2.29. The summed E-state index contributed by atoms with van der Waals surface area (Å²) >= 11 is 0. The molecule has 0 bridgehead atoms. The van der Waals surface area contributed by atoms with Gasteiger partial charge in [0.2, 0.25) is 0 Å². The van der Waals surface area contributed by atoms with Crippen molar-refractivity contribution in [1.82, 2.24) is 9.97 Å². The maximum absolute atomic E-state index is 5.83. The lowest BCUT2D eigenvalue weighted by molar-refractivity contribution is 0.404. The topological polar surface area (TPSA) is 70.3 Å². The zero-order valence-corrected chi connectivity index (χ0v) is 10.6. The van der Waals surface area contributed by atoms with Crippen LogP contribution in [0.1, 0.15) is 11.4 Å². The Kier molecular flexibility index (Phi) is 3.32. The van der Waals surface area contributed by atoms with Crippen molar-refractivity contribution in [3.8, 4) is 17.5 Å². The monoisotopic (exact) mass is 245 g/mol. The first-order valence-electron chi connectivity index (χ1n) is 5.52. The van der Waals surface area contributed by atoms with Crippen molar-refractivity contribution < 1.29 is 9.47 Å². The highest BCUT2D eigenvalue weighted by Gasteiger charge is 2.07. The number of nitrogens with two attached hydrogens (primary N) is 1. The third-order valence-electron chi connectivity index (χ3n) is 2.38. The highest BCUT2D eigenvalue weighted by molar-refractivity contribution is 5.56. The van der Waals surface area contributed by atoms with E-state index in [-0.39, 0.29) is 6.01 Å². The van der Waals surface area contributed by atoms with Gasteiger partial charge < -0.3 is 15.2 Å². The minimum Gasteiger partial charge on any atom is -0.497 e. The first-order chi connectivity index (χ1) is 8.58. The largest absolute Gasteiger partial charge is 0.497 e. The van der Waals surface area contributed by atoms with E-state index in [2.05, 4.69) is 9.97 Å². The van der Waals surface area contributed by atoms with Crippen LogP contribution in [0.25, 0.3) is 0 Å². The lowest BCUT2D eigenvalue weighted by Crippen LogP contribution is -1.98. The van der Waals surface area contributed by atoms with E-state index in [1.54, 1.807) is 25.3 Å². The summed E-state index contributed by atoms with van der Waals surface area (Å²) in [5.74, 6) is 1.16. The van der Waals surface area contributed by atoms with Crippen molar-refractivity contribution in [2.75, 3.05) is 12.8 Å². The first-order valence-corrected chi connectivity index (χ1v) is 5.52. The predicted molar refractivity (Wildman–Crippen MR) is 69.0 cm³/mol. The molecule has 0 saturated carbocycles. The Hall–Kier alpha value is -2.30. The maximum Gasteiger partial charge on any atom is 0.322 e. The molecular formula is C13H15N3O2. The second kappa shape index (κ2) is 4.91. The molecule has 1 heterocycles. The van der Waals surface area contributed by atoms with Crippen LogP contribution in [0.2, 0.25) is 0 Å². The summed E-state index contributed by atoms with van der Waals surface area (Å²) in [6.07, 6.45) is 0. The van der Waals surface area contributed by atoms with Crippen LogP contribution in [-0.2, 0) is 0 Å². The number of nitrogens with zero attached hydrogens (tertiary/aromatic N) is 2. The van der Waals surface area contributed by atoms with Gasteiger partial charge in [-0.1, -0.05) is 0 Å². The summed E-state index contributed by atoms with van der Waals surface area (Å²) in [5.41, 5.74) is 8.04. The molecule has 0 atom stereocenters. The average molecular weight is 245 g/mol. The van der Waals surface area contributed by atoms with Crippen LogP contribution in [0.3, 0.4) is 0 Å². The quantitative estimate of drug-likeness (QED) is 0.841. The molecule has 0 unspecified atom stereocenters. The Bertz CT molecular complexity index is 550. The van der Waals surface area contributed by atoms with Gasteiger partial charge in [0, 0.05) is 17.5 Å². The highest BCUT2D eigenvalue weighted by atomic mass is 16.5. The summed E-state index contributed by atoms with van der Waals surface area (Å²) in [4.78, 5) is 8.39. The van der Waals surface area contributed by atoms with Gasteiger partial charge in [-0.25, -0.2) is 9.97 Å². The van der Waals surface area contributed by atoms with Crippen LogP contribution in [0.5, 0.6) is 17.5 Å². The summed E-state index contributed by atoms with van der Waals surface area (Å²) in [7, 11) is 1.59. The van der Waals surface area contributed by atoms with Gasteiger partial charge >= 0.3 is 6.01 Å². The molecule has 0 saturated heterocycles. The van der Waals surface area contributed by atoms with Gasteiger partial charge in [-0.3, -0.25) is 0 Å². The van der Waals surface area contributed by atoms with E-state index >= 15 is 0 Å². The molecule has 18 heavy (non-hydrogen) atoms. The number of hydrogen-bond acceptors (Lipinski definition) is 5. The molecule has 94 valence electrons. The molecule has 0 amide bonds. The molecule has 0 fully saturated rings. The maximum atomic E-state index is 5.83. The molecule has 5 nitrogen and oxygen atoms in total. The van der Waals surface area contributed by atoms with Crippen LogP contribution in [0, 0.1) is 13.8 Å². The number of aryl methyl sites for hydroxylation is 2. The van der Waals surface area contributed by atoms with Crippen LogP contribution in [0.4, 0.5) is 5.69 Å². The molecule has 0 aliphatic rings. The van der Waals surface area contributed by atoms with E-state index in [9.17, 15) is 0 Å². The second-order valence-electron chi connectivity index (χ2n) is 3.94. The van der Waals surface area contributed by atoms with Crippen molar-refractivity contribution in [3.05, 3.63) is 35.7 Å². The zero-order chi connectivity index (χ0) is 13.1. The Balaban J connectivity index is 2.33. The smallest absolute Gasteiger partial charge is 0.322 e. The molecule has 2 aromatic rings. The Morgan fingerprint density at radius 2 is 1.72 bits per heavy atom. The molecule has 1 aromatic heterocycles. The number of hydrogen-bond donors (Lipinski definition) is 1. The zero-order valence-electron chi connectivity index (χ0n) is 10.6. The van der Waals surface area contributed by atoms with Gasteiger partial charge in [-0.15, -0.1) is 0 Å². The van der Waals surface area contributed by atoms with Gasteiger partial charge in [-0.2, -0.15) is 0 Å². The van der Waals surface area contributed by atoms with Crippen LogP contribution in [-0.4, -0.2) is 17.1 Å². The Labute approximate surface area is 106 Å². The molecule has 0 radical (unpaired) electrons. The van der Waals surface area contributed by atoms with E-state index in [1.165, 1.54) is 0 Å². The van der Waals surface area contributed by atoms with Crippen LogP contribution >= 0.6 is 0 Å². The summed E-state index contributed by atoms with van der Waals surface area (Å²) < 4.78 is 10.7. The van der Waals surface area contributed by atoms with Gasteiger partial charge in [0.15, 0.2) is 5.75 Å². The SMILES string of the molecule is COc1ccc(N)c(Oc2nc(C)cc(C)n2)c1. The fraction of sp³-hybridized carbons (Fsp3) is 0.231. The fourth-order valence-electron chi connectivity index (χ4n) is 1.57. The summed E-state index contributed by atoms with van der Waals surface area (Å²) in [5, 5.41) is 0. The third-order valence-corrected chi connectivity index (χ3v) is 2.38. The van der Waals surface area contributed by atoms with E-state index in [0.29, 0.717) is 17.2 Å². The summed E-state index contributed by atoms with van der Waals surface area (Å²) in [6, 6.07) is 7.35. The van der Waals surface area contributed by atoms with E-state index in [4.69, 9.17) is 15.2 Å². The predicted octanol–water partition coefficient (Wildman–Crippen LogP) is 2.48. The minimum atomic E-state index is 0.285. The van der Waals surface area contributed by atoms with Gasteiger partial charge in [0.05, 0.1) is 12.8 Å². The van der Waals surface area contributed by atoms with Gasteiger partial charge in [0.25, 0.3) is 0 Å². The van der Waals surface area contributed by atoms with E-state index in [0.717, 1.165) is 11.4 Å². The molecule has 5 heteroatoms. The normalized spacial score (nSPS) is 10.2. The average Bonchev–Trinajstić information content (AvgIpc) is 2.30. The first kappa shape index (κ1) is 12.2. The number of anilines is 1. The summed E-state index contributed by atoms with van der Waals surface area (Å²) in [6.45, 7) is 3.77. The molecule has 0 aliphatic carbocycles. The number of nitrogen functional groups attached to an aromatic ring is 1. The Morgan fingerprint density at radius 3 is 2.33 bits per heavy atom. The molecule has 2 rings (SSSR count). The number of benzene rings is 1. The third kappa shape index (κ3) is 2.68. The molecular weight excluding hydrogens is 230 g/mol. The van der Waals surface area contributed by atoms with Crippen molar-refractivity contribution in [1.29, 1.82) is 0 Å². The fourth-order valence-corrected chi connectivity index (χ4v) is 1.57. The standard InChI is InChI=1S/C13H15N3O2/c1-8-6-9(2)16-13(15-8)18-12-7-10(17-3)4-5-11(12)14/h4-7H,14H2,1-3H3. The molecule has 1 aromatic carbocycles. The molecule has 0 aliphatic heterocycles. The van der Waals surface area contributed by atoms with E-state index in [1.807, 2.05) is 19.9 Å². The Morgan fingerprint density at radius 1 is 1.06 bits per heavy atom. The second-order valence-corrected chi connectivity index (χ2v) is 3.94.